The van der Waals surface area contributed by atoms with Gasteiger partial charge in [0.2, 0.25) is 5.91 Å². The molecule has 0 aromatic rings. The first-order valence-corrected chi connectivity index (χ1v) is 7.17. The number of nitrogens with zero attached hydrogens (tertiary/aromatic N) is 1. The molecule has 0 aromatic carbocycles. The summed E-state index contributed by atoms with van der Waals surface area (Å²) >= 11 is 0. The fourth-order valence-electron chi connectivity index (χ4n) is 2.57. The van der Waals surface area contributed by atoms with E-state index < -0.39 is 5.54 Å². The van der Waals surface area contributed by atoms with E-state index >= 15 is 0 Å². The molecule has 0 aromatic heterocycles. The van der Waals surface area contributed by atoms with Crippen molar-refractivity contribution in [2.75, 3.05) is 19.7 Å². The average molecular weight is 307 g/mol. The van der Waals surface area contributed by atoms with Crippen LogP contribution in [-0.2, 0) is 14.3 Å². The van der Waals surface area contributed by atoms with Gasteiger partial charge in [0.15, 0.2) is 0 Å². The van der Waals surface area contributed by atoms with Crippen LogP contribution in [0.2, 0.25) is 0 Å². The van der Waals surface area contributed by atoms with Gasteiger partial charge in [-0.25, -0.2) is 0 Å². The van der Waals surface area contributed by atoms with Crippen molar-refractivity contribution >= 4 is 24.3 Å². The summed E-state index contributed by atoms with van der Waals surface area (Å²) in [5, 5.41) is 0. The van der Waals surface area contributed by atoms with Gasteiger partial charge >= 0.3 is 5.97 Å². The van der Waals surface area contributed by atoms with E-state index in [9.17, 15) is 9.59 Å². The molecule has 20 heavy (non-hydrogen) atoms. The van der Waals surface area contributed by atoms with Crippen LogP contribution in [0.15, 0.2) is 0 Å². The van der Waals surface area contributed by atoms with Crippen LogP contribution in [0.3, 0.4) is 0 Å². The monoisotopic (exact) mass is 306 g/mol. The molecule has 0 bridgehead atoms. The number of nitrogens with two attached hydrogens (primary N) is 1. The first-order valence-electron chi connectivity index (χ1n) is 7.17. The molecule has 0 spiro atoms. The number of hydrogen-bond donors (Lipinski definition) is 1. The molecule has 6 heteroatoms. The molecule has 0 radical (unpaired) electrons. The Morgan fingerprint density at radius 1 is 1.30 bits per heavy atom. The molecule has 1 heterocycles. The number of carbonyl (C=O) groups is 2. The first kappa shape index (κ1) is 19.2. The zero-order chi connectivity index (χ0) is 14.5. The number of rotatable bonds is 5. The SMILES string of the molecule is CCCC(C)(N)C(=O)N1CCC(C(=O)OCC)CC1.Cl. The summed E-state index contributed by atoms with van der Waals surface area (Å²) < 4.78 is 5.02. The minimum absolute atomic E-state index is 0. The molecule has 1 fully saturated rings. The van der Waals surface area contributed by atoms with Crippen LogP contribution >= 0.6 is 12.4 Å². The topological polar surface area (TPSA) is 72.6 Å². The van der Waals surface area contributed by atoms with Gasteiger partial charge in [0.25, 0.3) is 0 Å². The Labute approximate surface area is 127 Å². The van der Waals surface area contributed by atoms with E-state index in [1.807, 2.05) is 6.92 Å². The Morgan fingerprint density at radius 3 is 2.30 bits per heavy atom. The Kier molecular flexibility index (Phi) is 8.13. The van der Waals surface area contributed by atoms with Crippen LogP contribution < -0.4 is 5.73 Å². The van der Waals surface area contributed by atoms with Crippen LogP contribution in [0.4, 0.5) is 0 Å². The number of likely N-dealkylation sites (tertiary alicyclic amines) is 1. The molecule has 5 nitrogen and oxygen atoms in total. The molecule has 2 N–H and O–H groups in total. The molecule has 0 saturated carbocycles. The minimum atomic E-state index is -0.786. The van der Waals surface area contributed by atoms with Crippen molar-refractivity contribution < 1.29 is 14.3 Å². The van der Waals surface area contributed by atoms with Gasteiger partial charge in [-0.15, -0.1) is 12.4 Å². The largest absolute Gasteiger partial charge is 0.466 e. The highest BCUT2D eigenvalue weighted by molar-refractivity contribution is 5.86. The summed E-state index contributed by atoms with van der Waals surface area (Å²) in [4.78, 5) is 25.7. The Hall–Kier alpha value is -0.810. The molecule has 1 amide bonds. The maximum Gasteiger partial charge on any atom is 0.309 e. The van der Waals surface area contributed by atoms with Crippen LogP contribution in [0.25, 0.3) is 0 Å². The van der Waals surface area contributed by atoms with Gasteiger partial charge in [-0.3, -0.25) is 9.59 Å². The number of piperidine rings is 1. The van der Waals surface area contributed by atoms with E-state index in [0.717, 1.165) is 6.42 Å². The number of ether oxygens (including phenoxy) is 1. The van der Waals surface area contributed by atoms with Crippen LogP contribution in [-0.4, -0.2) is 42.0 Å². The maximum atomic E-state index is 12.3. The molecule has 1 atom stereocenters. The average Bonchev–Trinajstić information content (AvgIpc) is 2.38. The van der Waals surface area contributed by atoms with Crippen molar-refractivity contribution in [1.82, 2.24) is 4.90 Å². The molecule has 1 saturated heterocycles. The van der Waals surface area contributed by atoms with Crippen molar-refractivity contribution in [3.8, 4) is 0 Å². The van der Waals surface area contributed by atoms with E-state index in [0.29, 0.717) is 39.0 Å². The number of halogens is 1. The number of hydrogen-bond acceptors (Lipinski definition) is 4. The Morgan fingerprint density at radius 2 is 1.85 bits per heavy atom. The van der Waals surface area contributed by atoms with Gasteiger partial charge in [0.1, 0.15) is 0 Å². The number of esters is 1. The fourth-order valence-corrected chi connectivity index (χ4v) is 2.57. The van der Waals surface area contributed by atoms with Crippen LogP contribution in [0, 0.1) is 5.92 Å². The second-order valence-corrected chi connectivity index (χ2v) is 5.49. The lowest BCUT2D eigenvalue weighted by molar-refractivity contribution is -0.152. The second kappa shape index (κ2) is 8.47. The third-order valence-electron chi connectivity index (χ3n) is 3.66. The van der Waals surface area contributed by atoms with Gasteiger partial charge in [-0.2, -0.15) is 0 Å². The van der Waals surface area contributed by atoms with E-state index in [4.69, 9.17) is 10.5 Å². The Balaban J connectivity index is 0.00000361. The predicted molar refractivity (Wildman–Crippen MR) is 80.7 cm³/mol. The molecule has 1 aliphatic rings. The molecule has 1 unspecified atom stereocenters. The highest BCUT2D eigenvalue weighted by atomic mass is 35.5. The van der Waals surface area contributed by atoms with Gasteiger partial charge in [-0.1, -0.05) is 13.3 Å². The number of amides is 1. The standard InChI is InChI=1S/C14H26N2O3.ClH/c1-4-8-14(3,15)13(18)16-9-6-11(7-10-16)12(17)19-5-2;/h11H,4-10,15H2,1-3H3;1H. The minimum Gasteiger partial charge on any atom is -0.466 e. The quantitative estimate of drug-likeness (QED) is 0.785. The summed E-state index contributed by atoms with van der Waals surface area (Å²) in [5.74, 6) is -0.213. The highest BCUT2D eigenvalue weighted by Crippen LogP contribution is 2.22. The number of carbonyl (C=O) groups excluding carboxylic acids is 2. The predicted octanol–water partition coefficient (Wildman–Crippen LogP) is 1.73. The second-order valence-electron chi connectivity index (χ2n) is 5.49. The van der Waals surface area contributed by atoms with Crippen molar-refractivity contribution in [1.29, 1.82) is 0 Å². The molecular formula is C14H27ClN2O3. The Bertz CT molecular complexity index is 326. The normalized spacial score (nSPS) is 18.9. The van der Waals surface area contributed by atoms with E-state index in [2.05, 4.69) is 0 Å². The van der Waals surface area contributed by atoms with Gasteiger partial charge in [0, 0.05) is 13.1 Å². The van der Waals surface area contributed by atoms with E-state index in [-0.39, 0.29) is 30.2 Å². The highest BCUT2D eigenvalue weighted by Gasteiger charge is 2.35. The maximum absolute atomic E-state index is 12.3. The molecule has 1 aliphatic heterocycles. The summed E-state index contributed by atoms with van der Waals surface area (Å²) in [6.45, 7) is 7.22. The lowest BCUT2D eigenvalue weighted by Crippen LogP contribution is -2.55. The van der Waals surface area contributed by atoms with Crippen molar-refractivity contribution in [2.45, 2.75) is 52.0 Å². The smallest absolute Gasteiger partial charge is 0.309 e. The molecular weight excluding hydrogens is 280 g/mol. The van der Waals surface area contributed by atoms with Crippen molar-refractivity contribution in [3.63, 3.8) is 0 Å². The van der Waals surface area contributed by atoms with E-state index in [1.165, 1.54) is 0 Å². The summed E-state index contributed by atoms with van der Waals surface area (Å²) in [5.41, 5.74) is 5.27. The van der Waals surface area contributed by atoms with Crippen molar-refractivity contribution in [3.05, 3.63) is 0 Å². The van der Waals surface area contributed by atoms with E-state index in [1.54, 1.807) is 18.7 Å². The van der Waals surface area contributed by atoms with Crippen LogP contribution in [0.1, 0.15) is 46.5 Å². The summed E-state index contributed by atoms with van der Waals surface area (Å²) in [6, 6.07) is 0. The fraction of sp³-hybridized carbons (Fsp3) is 0.857. The molecule has 118 valence electrons. The zero-order valence-corrected chi connectivity index (χ0v) is 13.5. The lowest BCUT2D eigenvalue weighted by atomic mass is 9.92. The lowest BCUT2D eigenvalue weighted by Gasteiger charge is -2.36. The third kappa shape index (κ3) is 4.94. The van der Waals surface area contributed by atoms with Gasteiger partial charge in [-0.05, 0) is 33.1 Å². The van der Waals surface area contributed by atoms with Crippen molar-refractivity contribution in [2.24, 2.45) is 11.7 Å². The summed E-state index contributed by atoms with van der Waals surface area (Å²) in [7, 11) is 0. The van der Waals surface area contributed by atoms with Gasteiger partial charge in [0.05, 0.1) is 18.1 Å². The third-order valence-corrected chi connectivity index (χ3v) is 3.66. The van der Waals surface area contributed by atoms with Gasteiger partial charge < -0.3 is 15.4 Å². The summed E-state index contributed by atoms with van der Waals surface area (Å²) in [6.07, 6.45) is 2.92. The molecule has 1 rings (SSSR count). The zero-order valence-electron chi connectivity index (χ0n) is 12.7. The van der Waals surface area contributed by atoms with Crippen LogP contribution in [0.5, 0.6) is 0 Å². The molecule has 0 aliphatic carbocycles. The first-order chi connectivity index (χ1) is 8.92.